The van der Waals surface area contributed by atoms with Gasteiger partial charge in [-0.2, -0.15) is 0 Å². The fraction of sp³-hybridized carbons (Fsp3) is 0.133. The summed E-state index contributed by atoms with van der Waals surface area (Å²) in [4.78, 5) is 12.8. The smallest absolute Gasteiger partial charge is 0.196 e. The first kappa shape index (κ1) is 11.9. The first-order chi connectivity index (χ1) is 8.68. The van der Waals surface area contributed by atoms with Gasteiger partial charge in [0.2, 0.25) is 0 Å². The van der Waals surface area contributed by atoms with Gasteiger partial charge in [0.25, 0.3) is 0 Å². The third-order valence-electron chi connectivity index (χ3n) is 3.07. The van der Waals surface area contributed by atoms with Crippen molar-refractivity contribution in [1.82, 2.24) is 0 Å². The Kier molecular flexibility index (Phi) is 2.96. The van der Waals surface area contributed by atoms with Crippen LogP contribution in [0.3, 0.4) is 0 Å². The summed E-state index contributed by atoms with van der Waals surface area (Å²) in [6.07, 6.45) is 0. The molecule has 0 spiro atoms. The number of halogens is 1. The van der Waals surface area contributed by atoms with Crippen LogP contribution in [0, 0.1) is 0 Å². The van der Waals surface area contributed by atoms with Crippen LogP contribution in [0.4, 0.5) is 0 Å². The Balaban J connectivity index is 2.57. The largest absolute Gasteiger partial charge is 0.288 e. The maximum atomic E-state index is 12.6. The fourth-order valence-corrected chi connectivity index (χ4v) is 3.70. The molecule has 1 heterocycles. The van der Waals surface area contributed by atoms with Crippen molar-refractivity contribution >= 4 is 47.4 Å². The van der Waals surface area contributed by atoms with Crippen LogP contribution >= 0.6 is 27.3 Å². The molecule has 0 amide bonds. The molecule has 0 N–H and O–H groups in total. The zero-order valence-corrected chi connectivity index (χ0v) is 12.2. The summed E-state index contributed by atoms with van der Waals surface area (Å²) < 4.78 is 2.11. The van der Waals surface area contributed by atoms with Crippen molar-refractivity contribution in [3.05, 3.63) is 58.3 Å². The zero-order valence-electron chi connectivity index (χ0n) is 9.81. The number of hydrogen-bond acceptors (Lipinski definition) is 2. The van der Waals surface area contributed by atoms with E-state index in [1.165, 1.54) is 0 Å². The monoisotopic (exact) mass is 318 g/mol. The number of benzene rings is 2. The Hall–Kier alpha value is -1.19. The number of rotatable bonds is 1. The summed E-state index contributed by atoms with van der Waals surface area (Å²) in [5.41, 5.74) is 1.21. The lowest BCUT2D eigenvalue weighted by Crippen LogP contribution is -2.04. The number of fused-ring (bicyclic) bond motifs is 2. The first-order valence-electron chi connectivity index (χ1n) is 5.77. The molecular formula is C15H11BrOS. The van der Waals surface area contributed by atoms with Crippen LogP contribution in [0.2, 0.25) is 0 Å². The molecular weight excluding hydrogens is 308 g/mol. The molecule has 3 rings (SSSR count). The average Bonchev–Trinajstić information content (AvgIpc) is 2.38. The SMILES string of the molecule is CC(Br)c1cccc2sc3ccccc3c(=O)c12. The van der Waals surface area contributed by atoms with E-state index in [-0.39, 0.29) is 10.3 Å². The van der Waals surface area contributed by atoms with Gasteiger partial charge in [0.05, 0.1) is 0 Å². The lowest BCUT2D eigenvalue weighted by molar-refractivity contribution is 1.14. The average molecular weight is 319 g/mol. The van der Waals surface area contributed by atoms with Gasteiger partial charge in [-0.25, -0.2) is 0 Å². The van der Waals surface area contributed by atoms with E-state index in [0.717, 1.165) is 25.7 Å². The molecule has 90 valence electrons. The summed E-state index contributed by atoms with van der Waals surface area (Å²) in [5, 5.41) is 1.67. The molecule has 2 aromatic carbocycles. The van der Waals surface area contributed by atoms with Crippen LogP contribution in [-0.4, -0.2) is 0 Å². The molecule has 0 saturated carbocycles. The van der Waals surface area contributed by atoms with E-state index in [1.54, 1.807) is 11.3 Å². The normalized spacial score (nSPS) is 13.0. The highest BCUT2D eigenvalue weighted by Gasteiger charge is 2.12. The van der Waals surface area contributed by atoms with Crippen molar-refractivity contribution in [1.29, 1.82) is 0 Å². The molecule has 1 aromatic heterocycles. The van der Waals surface area contributed by atoms with Gasteiger partial charge in [0, 0.05) is 25.0 Å². The topological polar surface area (TPSA) is 17.1 Å². The lowest BCUT2D eigenvalue weighted by Gasteiger charge is -2.08. The Morgan fingerprint density at radius 3 is 2.56 bits per heavy atom. The van der Waals surface area contributed by atoms with Gasteiger partial charge in [-0.1, -0.05) is 40.2 Å². The molecule has 0 aliphatic rings. The van der Waals surface area contributed by atoms with Crippen LogP contribution in [0.5, 0.6) is 0 Å². The molecule has 0 saturated heterocycles. The second-order valence-corrected chi connectivity index (χ2v) is 6.72. The Bertz CT molecular complexity index is 789. The summed E-state index contributed by atoms with van der Waals surface area (Å²) in [6.45, 7) is 2.05. The van der Waals surface area contributed by atoms with Gasteiger partial charge in [0.1, 0.15) is 0 Å². The maximum absolute atomic E-state index is 12.6. The van der Waals surface area contributed by atoms with E-state index >= 15 is 0 Å². The molecule has 3 heteroatoms. The van der Waals surface area contributed by atoms with Gasteiger partial charge >= 0.3 is 0 Å². The maximum Gasteiger partial charge on any atom is 0.196 e. The molecule has 1 nitrogen and oxygen atoms in total. The van der Waals surface area contributed by atoms with Crippen LogP contribution < -0.4 is 5.43 Å². The molecule has 0 aliphatic heterocycles. The highest BCUT2D eigenvalue weighted by molar-refractivity contribution is 9.09. The minimum atomic E-state index is 0.140. The van der Waals surface area contributed by atoms with Gasteiger partial charge < -0.3 is 0 Å². The molecule has 0 fully saturated rings. The lowest BCUT2D eigenvalue weighted by atomic mass is 10.1. The fourth-order valence-electron chi connectivity index (χ4n) is 2.20. The molecule has 18 heavy (non-hydrogen) atoms. The second kappa shape index (κ2) is 4.48. The minimum Gasteiger partial charge on any atom is -0.288 e. The van der Waals surface area contributed by atoms with E-state index in [2.05, 4.69) is 15.9 Å². The Labute approximate surface area is 117 Å². The molecule has 3 aromatic rings. The summed E-state index contributed by atoms with van der Waals surface area (Å²) >= 11 is 5.24. The summed E-state index contributed by atoms with van der Waals surface area (Å²) in [5.74, 6) is 0. The van der Waals surface area contributed by atoms with Crippen molar-refractivity contribution in [2.45, 2.75) is 11.8 Å². The van der Waals surface area contributed by atoms with E-state index in [4.69, 9.17) is 0 Å². The predicted octanol–water partition coefficient (Wildman–Crippen LogP) is 4.87. The van der Waals surface area contributed by atoms with Crippen LogP contribution in [0.1, 0.15) is 17.3 Å². The zero-order chi connectivity index (χ0) is 12.7. The van der Waals surface area contributed by atoms with E-state index in [9.17, 15) is 4.79 Å². The highest BCUT2D eigenvalue weighted by atomic mass is 79.9. The van der Waals surface area contributed by atoms with Gasteiger partial charge in [-0.05, 0) is 30.7 Å². The number of hydrogen-bond donors (Lipinski definition) is 0. The van der Waals surface area contributed by atoms with Crippen LogP contribution in [0.15, 0.2) is 47.3 Å². The van der Waals surface area contributed by atoms with Gasteiger partial charge in [-0.3, -0.25) is 4.79 Å². The quantitative estimate of drug-likeness (QED) is 0.462. The third-order valence-corrected chi connectivity index (χ3v) is 4.69. The van der Waals surface area contributed by atoms with E-state index in [1.807, 2.05) is 49.4 Å². The van der Waals surface area contributed by atoms with Gasteiger partial charge in [0.15, 0.2) is 5.43 Å². The molecule has 1 atom stereocenters. The first-order valence-corrected chi connectivity index (χ1v) is 7.50. The van der Waals surface area contributed by atoms with Crippen LogP contribution in [0.25, 0.3) is 20.2 Å². The Morgan fingerprint density at radius 1 is 1.06 bits per heavy atom. The Morgan fingerprint density at radius 2 is 1.78 bits per heavy atom. The molecule has 1 unspecified atom stereocenters. The van der Waals surface area contributed by atoms with E-state index in [0.29, 0.717) is 0 Å². The third kappa shape index (κ3) is 1.78. The highest BCUT2D eigenvalue weighted by Crippen LogP contribution is 2.31. The molecule has 0 bridgehead atoms. The van der Waals surface area contributed by atoms with Crippen LogP contribution in [-0.2, 0) is 0 Å². The van der Waals surface area contributed by atoms with Gasteiger partial charge in [-0.15, -0.1) is 11.3 Å². The van der Waals surface area contributed by atoms with Crippen molar-refractivity contribution in [2.75, 3.05) is 0 Å². The standard InChI is InChI=1S/C15H11BrOS/c1-9(16)10-6-4-8-13-14(10)15(17)11-5-2-3-7-12(11)18-13/h2-9H,1H3. The summed E-state index contributed by atoms with van der Waals surface area (Å²) in [7, 11) is 0. The molecule has 0 radical (unpaired) electrons. The van der Waals surface area contributed by atoms with Crippen molar-refractivity contribution < 1.29 is 0 Å². The van der Waals surface area contributed by atoms with Crippen molar-refractivity contribution in [3.63, 3.8) is 0 Å². The second-order valence-electron chi connectivity index (χ2n) is 4.26. The van der Waals surface area contributed by atoms with Crippen molar-refractivity contribution in [2.24, 2.45) is 0 Å². The summed E-state index contributed by atoms with van der Waals surface area (Å²) in [6, 6.07) is 13.9. The van der Waals surface area contributed by atoms with E-state index < -0.39 is 0 Å². The molecule has 0 aliphatic carbocycles. The van der Waals surface area contributed by atoms with Crippen molar-refractivity contribution in [3.8, 4) is 0 Å². The minimum absolute atomic E-state index is 0.140. The predicted molar refractivity (Wildman–Crippen MR) is 82.9 cm³/mol. The number of alkyl halides is 1.